The lowest BCUT2D eigenvalue weighted by molar-refractivity contribution is -0.132. The minimum Gasteiger partial charge on any atom is -0.507 e. The number of nitrogens with zero attached hydrogens (tertiary/aromatic N) is 2. The van der Waals surface area contributed by atoms with E-state index in [2.05, 4.69) is 4.98 Å². The molecule has 0 saturated carbocycles. The molecule has 8 heteroatoms. The van der Waals surface area contributed by atoms with Crippen LogP contribution in [0.3, 0.4) is 0 Å². The molecule has 1 aliphatic rings. The highest BCUT2D eigenvalue weighted by Crippen LogP contribution is 2.43. The van der Waals surface area contributed by atoms with Gasteiger partial charge < -0.3 is 9.84 Å². The molecule has 3 aromatic rings. The van der Waals surface area contributed by atoms with Crippen LogP contribution in [0.2, 0.25) is 0 Å². The van der Waals surface area contributed by atoms with E-state index in [0.717, 1.165) is 11.3 Å². The number of benzene rings is 2. The molecule has 4 rings (SSSR count). The van der Waals surface area contributed by atoms with Gasteiger partial charge in [0.2, 0.25) is 0 Å². The zero-order valence-electron chi connectivity index (χ0n) is 17.4. The van der Waals surface area contributed by atoms with E-state index in [4.69, 9.17) is 4.74 Å². The summed E-state index contributed by atoms with van der Waals surface area (Å²) in [7, 11) is 0. The number of anilines is 1. The molecule has 0 unspecified atom stereocenters. The number of amides is 1. The Hall–Kier alpha value is -3.78. The largest absolute Gasteiger partial charge is 0.507 e. The first kappa shape index (κ1) is 21.5. The third-order valence-electron chi connectivity index (χ3n) is 5.06. The molecule has 1 saturated heterocycles. The van der Waals surface area contributed by atoms with Gasteiger partial charge in [0.15, 0.2) is 5.13 Å². The summed E-state index contributed by atoms with van der Waals surface area (Å²) in [5.41, 5.74) is 1.43. The first-order valence-corrected chi connectivity index (χ1v) is 10.8. The summed E-state index contributed by atoms with van der Waals surface area (Å²) in [6.45, 7) is 3.55. The molecule has 7 nitrogen and oxygen atoms in total. The van der Waals surface area contributed by atoms with Gasteiger partial charge in [-0.25, -0.2) is 9.78 Å². The highest BCUT2D eigenvalue weighted by atomic mass is 32.1. The maximum Gasteiger partial charge on any atom is 0.350 e. The number of carbonyl (C=O) groups excluding carboxylic acids is 3. The second-order valence-electron chi connectivity index (χ2n) is 7.08. The van der Waals surface area contributed by atoms with Crippen LogP contribution in [0, 0.1) is 6.92 Å². The third-order valence-corrected chi connectivity index (χ3v) is 6.20. The smallest absolute Gasteiger partial charge is 0.350 e. The molecule has 0 aliphatic carbocycles. The molecule has 1 atom stereocenters. The molecule has 2 heterocycles. The Labute approximate surface area is 188 Å². The molecule has 32 heavy (non-hydrogen) atoms. The number of aromatic nitrogens is 1. The van der Waals surface area contributed by atoms with Crippen LogP contribution in [0.25, 0.3) is 5.76 Å². The summed E-state index contributed by atoms with van der Waals surface area (Å²) in [5, 5.41) is 11.2. The number of carbonyl (C=O) groups is 3. The van der Waals surface area contributed by atoms with E-state index in [-0.39, 0.29) is 27.9 Å². The Bertz CT molecular complexity index is 1220. The van der Waals surface area contributed by atoms with Gasteiger partial charge in [-0.2, -0.15) is 0 Å². The number of hydrogen-bond donors (Lipinski definition) is 1. The molecule has 1 aromatic heterocycles. The normalized spacial score (nSPS) is 17.6. The van der Waals surface area contributed by atoms with Gasteiger partial charge in [0.1, 0.15) is 10.6 Å². The zero-order chi connectivity index (χ0) is 22.8. The first-order chi connectivity index (χ1) is 15.4. The van der Waals surface area contributed by atoms with Crippen LogP contribution < -0.4 is 4.90 Å². The van der Waals surface area contributed by atoms with E-state index >= 15 is 0 Å². The number of aliphatic hydroxyl groups is 1. The average Bonchev–Trinajstić information content (AvgIpc) is 3.32. The van der Waals surface area contributed by atoms with E-state index in [1.807, 2.05) is 6.07 Å². The quantitative estimate of drug-likeness (QED) is 0.271. The van der Waals surface area contributed by atoms with Gasteiger partial charge in [0, 0.05) is 5.56 Å². The van der Waals surface area contributed by atoms with Crippen LogP contribution in [0.4, 0.5) is 5.13 Å². The number of Topliss-reactive ketones (excluding diaryl/α,β-unsaturated/α-hetero) is 1. The van der Waals surface area contributed by atoms with Crippen LogP contribution in [0.1, 0.15) is 39.5 Å². The summed E-state index contributed by atoms with van der Waals surface area (Å²) in [5.74, 6) is -2.43. The maximum atomic E-state index is 13.1. The van der Waals surface area contributed by atoms with Gasteiger partial charge in [-0.15, -0.1) is 0 Å². The second kappa shape index (κ2) is 8.76. The molecule has 0 radical (unpaired) electrons. The fraction of sp³-hybridized carbons (Fsp3) is 0.167. The number of ketones is 1. The lowest BCUT2D eigenvalue weighted by Crippen LogP contribution is -2.29. The Kier molecular flexibility index (Phi) is 5.87. The SMILES string of the molecule is CCOC(=O)c1sc(N2C(=O)C(=O)C(=C(O)c3ccccc3)[C@@H]2c2ccccc2)nc1C. The molecule has 2 aromatic carbocycles. The summed E-state index contributed by atoms with van der Waals surface area (Å²) in [4.78, 5) is 44.4. The summed E-state index contributed by atoms with van der Waals surface area (Å²) in [6, 6.07) is 16.6. The van der Waals surface area contributed by atoms with Crippen molar-refractivity contribution < 1.29 is 24.2 Å². The van der Waals surface area contributed by atoms with Crippen molar-refractivity contribution >= 4 is 39.9 Å². The molecular weight excluding hydrogens is 428 g/mol. The van der Waals surface area contributed by atoms with Crippen molar-refractivity contribution in [2.75, 3.05) is 11.5 Å². The Morgan fingerprint density at radius 3 is 2.34 bits per heavy atom. The zero-order valence-corrected chi connectivity index (χ0v) is 18.3. The molecule has 0 spiro atoms. The van der Waals surface area contributed by atoms with Crippen LogP contribution in [0.15, 0.2) is 66.2 Å². The van der Waals surface area contributed by atoms with Crippen molar-refractivity contribution in [1.29, 1.82) is 0 Å². The Balaban J connectivity index is 1.89. The van der Waals surface area contributed by atoms with Crippen molar-refractivity contribution in [3.63, 3.8) is 0 Å². The second-order valence-corrected chi connectivity index (χ2v) is 8.05. The molecular formula is C24H20N2O5S. The van der Waals surface area contributed by atoms with Crippen molar-refractivity contribution in [1.82, 2.24) is 4.98 Å². The predicted octanol–water partition coefficient (Wildman–Crippen LogP) is 4.25. The number of esters is 1. The van der Waals surface area contributed by atoms with E-state index in [9.17, 15) is 19.5 Å². The number of aliphatic hydroxyl groups excluding tert-OH is 1. The number of ether oxygens (including phenoxy) is 1. The van der Waals surface area contributed by atoms with Crippen LogP contribution in [0.5, 0.6) is 0 Å². The lowest BCUT2D eigenvalue weighted by Gasteiger charge is -2.22. The van der Waals surface area contributed by atoms with Gasteiger partial charge in [0.25, 0.3) is 5.78 Å². The summed E-state index contributed by atoms with van der Waals surface area (Å²) >= 11 is 0.982. The highest BCUT2D eigenvalue weighted by Gasteiger charge is 2.48. The topological polar surface area (TPSA) is 96.8 Å². The first-order valence-electron chi connectivity index (χ1n) is 10.00. The van der Waals surface area contributed by atoms with Gasteiger partial charge in [-0.05, 0) is 19.4 Å². The van der Waals surface area contributed by atoms with Gasteiger partial charge in [-0.1, -0.05) is 72.0 Å². The molecule has 1 amide bonds. The van der Waals surface area contributed by atoms with Crippen LogP contribution >= 0.6 is 11.3 Å². The lowest BCUT2D eigenvalue weighted by atomic mass is 9.95. The monoisotopic (exact) mass is 448 g/mol. The number of thiazole rings is 1. The van der Waals surface area contributed by atoms with Crippen molar-refractivity contribution in [2.24, 2.45) is 0 Å². The van der Waals surface area contributed by atoms with Gasteiger partial charge in [-0.3, -0.25) is 14.5 Å². The predicted molar refractivity (Wildman–Crippen MR) is 120 cm³/mol. The van der Waals surface area contributed by atoms with Gasteiger partial charge >= 0.3 is 11.9 Å². The Morgan fingerprint density at radius 1 is 1.09 bits per heavy atom. The van der Waals surface area contributed by atoms with Crippen molar-refractivity contribution in [3.8, 4) is 0 Å². The number of aryl methyl sites for hydroxylation is 1. The third kappa shape index (κ3) is 3.69. The fourth-order valence-corrected chi connectivity index (χ4v) is 4.59. The highest BCUT2D eigenvalue weighted by molar-refractivity contribution is 7.17. The molecule has 1 fully saturated rings. The average molecular weight is 449 g/mol. The van der Waals surface area contributed by atoms with E-state index in [1.165, 1.54) is 4.90 Å². The number of rotatable bonds is 5. The molecule has 0 bridgehead atoms. The maximum absolute atomic E-state index is 13.1. The van der Waals surface area contributed by atoms with E-state index in [1.54, 1.807) is 68.4 Å². The van der Waals surface area contributed by atoms with Crippen LogP contribution in [-0.4, -0.2) is 34.4 Å². The van der Waals surface area contributed by atoms with Gasteiger partial charge in [0.05, 0.1) is 23.9 Å². The number of hydrogen-bond acceptors (Lipinski definition) is 7. The summed E-state index contributed by atoms with van der Waals surface area (Å²) < 4.78 is 5.07. The standard InChI is InChI=1S/C24H20N2O5S/c1-3-31-23(30)21-14(2)25-24(32-21)26-18(15-10-6-4-7-11-15)17(20(28)22(26)29)19(27)16-12-8-5-9-13-16/h4-13,18,27H,3H2,1-2H3/t18-/m0/s1. The fourth-order valence-electron chi connectivity index (χ4n) is 3.60. The van der Waals surface area contributed by atoms with E-state index < -0.39 is 23.7 Å². The molecule has 1 aliphatic heterocycles. The van der Waals surface area contributed by atoms with Crippen molar-refractivity contribution in [3.05, 3.63) is 87.9 Å². The minimum atomic E-state index is -0.892. The Morgan fingerprint density at radius 2 is 1.72 bits per heavy atom. The molecule has 1 N–H and O–H groups in total. The molecule has 162 valence electrons. The van der Waals surface area contributed by atoms with E-state index in [0.29, 0.717) is 16.8 Å². The van der Waals surface area contributed by atoms with Crippen molar-refractivity contribution in [2.45, 2.75) is 19.9 Å². The van der Waals surface area contributed by atoms with Crippen LogP contribution in [-0.2, 0) is 14.3 Å². The summed E-state index contributed by atoms with van der Waals surface area (Å²) in [6.07, 6.45) is 0. The minimum absolute atomic E-state index is 0.0297.